The smallest absolute Gasteiger partial charge is 0.272 e. The van der Waals surface area contributed by atoms with Crippen LogP contribution in [0, 0.1) is 0 Å². The van der Waals surface area contributed by atoms with Crippen molar-refractivity contribution in [2.45, 2.75) is 13.1 Å². The van der Waals surface area contributed by atoms with Crippen molar-refractivity contribution in [2.24, 2.45) is 4.99 Å². The molecule has 0 fully saturated rings. The molecule has 1 heterocycles. The first-order chi connectivity index (χ1) is 14.0. The van der Waals surface area contributed by atoms with Crippen LogP contribution in [0.15, 0.2) is 53.5 Å². The van der Waals surface area contributed by atoms with Crippen LogP contribution in [0.5, 0.6) is 0 Å². The van der Waals surface area contributed by atoms with E-state index in [1.54, 1.807) is 18.0 Å². The number of hydrogen-bond acceptors (Lipinski definition) is 4. The zero-order valence-corrected chi connectivity index (χ0v) is 18.7. The second-order valence-corrected chi connectivity index (χ2v) is 8.64. The Morgan fingerprint density at radius 3 is 2.76 bits per heavy atom. The third-order valence-electron chi connectivity index (χ3n) is 4.45. The van der Waals surface area contributed by atoms with Crippen molar-refractivity contribution in [3.05, 3.63) is 64.7 Å². The predicted molar refractivity (Wildman–Crippen MR) is 127 cm³/mol. The van der Waals surface area contributed by atoms with Gasteiger partial charge in [-0.3, -0.25) is 4.79 Å². The Labute approximate surface area is 185 Å². The fourth-order valence-corrected chi connectivity index (χ4v) is 3.94. The van der Waals surface area contributed by atoms with E-state index in [1.165, 1.54) is 0 Å². The summed E-state index contributed by atoms with van der Waals surface area (Å²) < 4.78 is 0. The summed E-state index contributed by atoms with van der Waals surface area (Å²) in [6, 6.07) is 15.2. The van der Waals surface area contributed by atoms with E-state index in [4.69, 9.17) is 28.8 Å². The maximum atomic E-state index is 13.1. The minimum atomic E-state index is -0.833. The van der Waals surface area contributed by atoms with Gasteiger partial charge in [0.05, 0.1) is 11.4 Å². The van der Waals surface area contributed by atoms with Crippen molar-refractivity contribution in [2.75, 3.05) is 30.0 Å². The van der Waals surface area contributed by atoms with Gasteiger partial charge < -0.3 is 15.5 Å². The molecule has 0 radical (unpaired) electrons. The molecule has 8 heteroatoms. The van der Waals surface area contributed by atoms with Crippen LogP contribution in [0.3, 0.4) is 0 Å². The fourth-order valence-electron chi connectivity index (χ4n) is 3.02. The second kappa shape index (κ2) is 10.1. The second-order valence-electron chi connectivity index (χ2n) is 6.40. The number of benzodiazepines with no additional fused rings is 1. The van der Waals surface area contributed by atoms with Crippen LogP contribution < -0.4 is 15.5 Å². The lowest BCUT2D eigenvalue weighted by atomic mass is 10.0. The van der Waals surface area contributed by atoms with Crippen LogP contribution in [-0.2, 0) is 4.79 Å². The van der Waals surface area contributed by atoms with E-state index in [2.05, 4.69) is 17.6 Å². The summed E-state index contributed by atoms with van der Waals surface area (Å²) in [6.45, 7) is 2.84. The summed E-state index contributed by atoms with van der Waals surface area (Å²) in [4.78, 5) is 19.5. The molecule has 0 saturated heterocycles. The van der Waals surface area contributed by atoms with Crippen molar-refractivity contribution in [3.63, 3.8) is 0 Å². The highest BCUT2D eigenvalue weighted by molar-refractivity contribution is 7.99. The number of aliphatic imine (C=N–C) groups is 1. The maximum absolute atomic E-state index is 13.1. The van der Waals surface area contributed by atoms with E-state index in [0.717, 1.165) is 34.9 Å². The van der Waals surface area contributed by atoms with E-state index in [1.807, 2.05) is 54.2 Å². The molecular formula is C21H23ClN4OS2. The highest BCUT2D eigenvalue weighted by atomic mass is 35.5. The minimum Gasteiger partial charge on any atom is -0.362 e. The van der Waals surface area contributed by atoms with Gasteiger partial charge in [0.25, 0.3) is 5.91 Å². The van der Waals surface area contributed by atoms with Crippen LogP contribution in [0.2, 0.25) is 5.02 Å². The maximum Gasteiger partial charge on any atom is 0.272 e. The molecule has 5 nitrogen and oxygen atoms in total. The zero-order valence-electron chi connectivity index (χ0n) is 16.3. The normalized spacial score (nSPS) is 16.0. The highest BCUT2D eigenvalue weighted by Crippen LogP contribution is 2.29. The molecule has 0 aliphatic carbocycles. The van der Waals surface area contributed by atoms with E-state index in [-0.39, 0.29) is 5.91 Å². The summed E-state index contributed by atoms with van der Waals surface area (Å²) >= 11 is 13.5. The quantitative estimate of drug-likeness (QED) is 0.523. The number of carbonyl (C=O) groups is 1. The molecule has 3 rings (SSSR count). The fraction of sp³-hybridized carbons (Fsp3) is 0.286. The number of nitrogens with zero attached hydrogens (tertiary/aromatic N) is 2. The summed E-state index contributed by atoms with van der Waals surface area (Å²) in [7, 11) is 1.74. The number of fused-ring (bicyclic) bond motifs is 1. The van der Waals surface area contributed by atoms with Gasteiger partial charge in [0.2, 0.25) is 6.17 Å². The van der Waals surface area contributed by atoms with Crippen LogP contribution in [0.25, 0.3) is 0 Å². The predicted octanol–water partition coefficient (Wildman–Crippen LogP) is 3.70. The van der Waals surface area contributed by atoms with Gasteiger partial charge in [0.1, 0.15) is 0 Å². The Morgan fingerprint density at radius 1 is 1.28 bits per heavy atom. The molecule has 0 saturated carbocycles. The molecule has 2 aromatic rings. The molecule has 1 aliphatic rings. The minimum absolute atomic E-state index is 0.188. The van der Waals surface area contributed by atoms with Crippen LogP contribution >= 0.6 is 35.6 Å². The van der Waals surface area contributed by atoms with Crippen molar-refractivity contribution >= 4 is 58.0 Å². The number of hydrogen-bond donors (Lipinski definition) is 2. The summed E-state index contributed by atoms with van der Waals surface area (Å²) in [5, 5.41) is 7.21. The number of likely N-dealkylation sites (N-methyl/N-ethyl adjacent to an activating group) is 1. The first-order valence-electron chi connectivity index (χ1n) is 9.34. The number of carbonyl (C=O) groups excluding carboxylic acids is 1. The third-order valence-corrected chi connectivity index (χ3v) is 5.85. The molecule has 1 unspecified atom stereocenters. The molecule has 0 bridgehead atoms. The summed E-state index contributed by atoms with van der Waals surface area (Å²) in [5.74, 6) is 1.81. The highest BCUT2D eigenvalue weighted by Gasteiger charge is 2.30. The lowest BCUT2D eigenvalue weighted by molar-refractivity contribution is -0.119. The standard InChI is InChI=1S/C21H23ClN4OS2/c1-3-29-12-11-23-21(28)25-19-20(27)26(2)17-10-9-15(22)13-16(17)18(24-19)14-7-5-4-6-8-14/h4-10,13,19H,3,11-12H2,1-2H3,(H2,23,25,28). The number of thiocarbonyl (C=S) groups is 1. The van der Waals surface area contributed by atoms with Gasteiger partial charge in [-0.05, 0) is 36.2 Å². The molecular weight excluding hydrogens is 424 g/mol. The van der Waals surface area contributed by atoms with Gasteiger partial charge in [0, 0.05) is 35.5 Å². The lowest BCUT2D eigenvalue weighted by Crippen LogP contribution is -2.49. The Hall–Kier alpha value is -2.09. The van der Waals surface area contributed by atoms with Crippen LogP contribution in [0.1, 0.15) is 18.1 Å². The average molecular weight is 447 g/mol. The first-order valence-corrected chi connectivity index (χ1v) is 11.3. The molecule has 0 spiro atoms. The van der Waals surface area contributed by atoms with E-state index in [9.17, 15) is 4.79 Å². The molecule has 2 aromatic carbocycles. The molecule has 152 valence electrons. The SMILES string of the molecule is CCSCCNC(=S)NC1N=C(c2ccccc2)c2cc(Cl)ccc2N(C)C1=O. The number of amides is 1. The van der Waals surface area contributed by atoms with Gasteiger partial charge in [0.15, 0.2) is 5.11 Å². The third kappa shape index (κ3) is 5.29. The Balaban J connectivity index is 1.95. The van der Waals surface area contributed by atoms with Crippen LogP contribution in [0.4, 0.5) is 5.69 Å². The van der Waals surface area contributed by atoms with Crippen molar-refractivity contribution in [1.82, 2.24) is 10.6 Å². The zero-order chi connectivity index (χ0) is 20.8. The summed E-state index contributed by atoms with van der Waals surface area (Å²) in [6.07, 6.45) is -0.833. The lowest BCUT2D eigenvalue weighted by Gasteiger charge is -2.22. The van der Waals surface area contributed by atoms with Gasteiger partial charge in [-0.1, -0.05) is 48.9 Å². The molecule has 1 amide bonds. The summed E-state index contributed by atoms with van der Waals surface area (Å²) in [5.41, 5.74) is 3.17. The monoisotopic (exact) mass is 446 g/mol. The van der Waals surface area contributed by atoms with E-state index < -0.39 is 6.17 Å². The van der Waals surface area contributed by atoms with E-state index >= 15 is 0 Å². The molecule has 1 aliphatic heterocycles. The molecule has 29 heavy (non-hydrogen) atoms. The van der Waals surface area contributed by atoms with Gasteiger partial charge in [-0.25, -0.2) is 4.99 Å². The molecule has 1 atom stereocenters. The number of nitrogens with one attached hydrogen (secondary N) is 2. The van der Waals surface area contributed by atoms with Crippen molar-refractivity contribution < 1.29 is 4.79 Å². The molecule has 2 N–H and O–H groups in total. The first kappa shape index (κ1) is 21.6. The number of thioether (sulfide) groups is 1. The van der Waals surface area contributed by atoms with Gasteiger partial charge in [-0.15, -0.1) is 0 Å². The van der Waals surface area contributed by atoms with Crippen molar-refractivity contribution in [1.29, 1.82) is 0 Å². The number of anilines is 1. The van der Waals surface area contributed by atoms with Crippen LogP contribution in [-0.4, -0.2) is 48.0 Å². The largest absolute Gasteiger partial charge is 0.362 e. The van der Waals surface area contributed by atoms with Gasteiger partial charge >= 0.3 is 0 Å². The van der Waals surface area contributed by atoms with E-state index in [0.29, 0.717) is 15.8 Å². The number of benzene rings is 2. The molecule has 0 aromatic heterocycles. The van der Waals surface area contributed by atoms with Crippen molar-refractivity contribution in [3.8, 4) is 0 Å². The average Bonchev–Trinajstić information content (AvgIpc) is 2.82. The van der Waals surface area contributed by atoms with Gasteiger partial charge in [-0.2, -0.15) is 11.8 Å². The Kier molecular flexibility index (Phi) is 7.52. The Bertz CT molecular complexity index is 920. The number of halogens is 1. The topological polar surface area (TPSA) is 56.7 Å². The Morgan fingerprint density at radius 2 is 2.03 bits per heavy atom. The number of rotatable bonds is 6.